The number of ether oxygens (including phenoxy) is 1. The van der Waals surface area contributed by atoms with Crippen LogP contribution in [0.2, 0.25) is 0 Å². The van der Waals surface area contributed by atoms with E-state index in [1.165, 1.54) is 25.6 Å². The largest absolute Gasteiger partial charge is 0.462 e. The smallest absolute Gasteiger partial charge is 0.341 e. The lowest BCUT2D eigenvalue weighted by atomic mass is 10.1. The van der Waals surface area contributed by atoms with Gasteiger partial charge in [0.1, 0.15) is 5.00 Å². The highest BCUT2D eigenvalue weighted by Crippen LogP contribution is 2.34. The number of hydrogen-bond acceptors (Lipinski definition) is 9. The second-order valence-electron chi connectivity index (χ2n) is 7.80. The zero-order valence-electron chi connectivity index (χ0n) is 20.4. The fourth-order valence-electron chi connectivity index (χ4n) is 3.65. The second-order valence-corrected chi connectivity index (χ2v) is 9.76. The molecule has 13 heteroatoms. The van der Waals surface area contributed by atoms with E-state index in [1.54, 1.807) is 18.4 Å². The zero-order chi connectivity index (χ0) is 26.0. The van der Waals surface area contributed by atoms with Crippen LogP contribution in [0, 0.1) is 6.92 Å². The van der Waals surface area contributed by atoms with Crippen LogP contribution in [0.3, 0.4) is 0 Å². The highest BCUT2D eigenvalue weighted by Gasteiger charge is 2.26. The number of fused-ring (bicyclic) bond motifs is 1. The summed E-state index contributed by atoms with van der Waals surface area (Å²) in [5.41, 5.74) is 0.231. The van der Waals surface area contributed by atoms with Gasteiger partial charge in [-0.2, -0.15) is 0 Å². The topological polar surface area (TPSA) is 134 Å². The molecule has 3 aromatic heterocycles. The average molecular weight is 522 g/mol. The zero-order valence-corrected chi connectivity index (χ0v) is 22.0. The number of hydrogen-bond donors (Lipinski definition) is 1. The number of carbonyl (C=O) groups is 3. The molecule has 3 heterocycles. The van der Waals surface area contributed by atoms with Crippen molar-refractivity contribution in [3.8, 4) is 0 Å². The molecule has 0 unspecified atom stereocenters. The molecule has 0 fully saturated rings. The molecular formula is C22H27N5O6S2. The van der Waals surface area contributed by atoms with E-state index in [9.17, 15) is 24.0 Å². The number of thioether (sulfide) groups is 1. The fraction of sp³-hybridized carbons (Fsp3) is 0.455. The molecule has 188 valence electrons. The summed E-state index contributed by atoms with van der Waals surface area (Å²) >= 11 is 2.13. The SMILES string of the molecule is CCCn1c(SCC(=O)Nc2sc(C(C)=O)c(C)c2C(=O)OCC)nc2c1c(=O)n(C)c(=O)n2C. The van der Waals surface area contributed by atoms with E-state index >= 15 is 0 Å². The molecule has 0 bridgehead atoms. The van der Waals surface area contributed by atoms with Gasteiger partial charge in [-0.05, 0) is 32.8 Å². The minimum atomic E-state index is -0.613. The summed E-state index contributed by atoms with van der Waals surface area (Å²) in [7, 11) is 2.95. The Morgan fingerprint density at radius 3 is 2.43 bits per heavy atom. The number of ketones is 1. The van der Waals surface area contributed by atoms with Gasteiger partial charge in [0.2, 0.25) is 5.91 Å². The van der Waals surface area contributed by atoms with Crippen molar-refractivity contribution in [3.05, 3.63) is 36.8 Å². The van der Waals surface area contributed by atoms with Crippen LogP contribution in [-0.2, 0) is 30.2 Å². The van der Waals surface area contributed by atoms with Gasteiger partial charge in [0.15, 0.2) is 22.1 Å². The molecule has 0 spiro atoms. The Morgan fingerprint density at radius 1 is 1.14 bits per heavy atom. The van der Waals surface area contributed by atoms with Gasteiger partial charge in [-0.3, -0.25) is 23.5 Å². The third kappa shape index (κ3) is 4.96. The first kappa shape index (κ1) is 26.4. The maximum absolute atomic E-state index is 12.8. The summed E-state index contributed by atoms with van der Waals surface area (Å²) in [6, 6.07) is 0. The summed E-state index contributed by atoms with van der Waals surface area (Å²) in [4.78, 5) is 67.2. The Balaban J connectivity index is 1.92. The van der Waals surface area contributed by atoms with Crippen LogP contribution in [0.25, 0.3) is 11.2 Å². The third-order valence-corrected chi connectivity index (χ3v) is 7.58. The molecule has 0 aromatic carbocycles. The van der Waals surface area contributed by atoms with E-state index in [2.05, 4.69) is 10.3 Å². The highest BCUT2D eigenvalue weighted by atomic mass is 32.2. The second kappa shape index (κ2) is 10.6. The molecule has 0 saturated heterocycles. The third-order valence-electron chi connectivity index (χ3n) is 5.29. The first-order chi connectivity index (χ1) is 16.5. The molecular weight excluding hydrogens is 494 g/mol. The molecule has 0 aliphatic rings. The first-order valence-corrected chi connectivity index (χ1v) is 12.7. The number of imidazole rings is 1. The molecule has 1 N–H and O–H groups in total. The number of anilines is 1. The van der Waals surface area contributed by atoms with E-state index in [-0.39, 0.29) is 34.4 Å². The molecule has 35 heavy (non-hydrogen) atoms. The standard InChI is InChI=1S/C22H27N5O6S2/c1-7-9-27-15-17(25(5)22(32)26(6)19(15)30)24-21(27)34-10-13(29)23-18-14(20(31)33-8-2)11(3)16(35-18)12(4)28/h7-10H2,1-6H3,(H,23,29). The van der Waals surface area contributed by atoms with Crippen molar-refractivity contribution in [1.29, 1.82) is 0 Å². The summed E-state index contributed by atoms with van der Waals surface area (Å²) in [5, 5.41) is 3.38. The predicted octanol–water partition coefficient (Wildman–Crippen LogP) is 2.32. The van der Waals surface area contributed by atoms with E-state index in [1.807, 2.05) is 6.92 Å². The number of thiophene rings is 1. The van der Waals surface area contributed by atoms with E-state index in [4.69, 9.17) is 4.74 Å². The molecule has 11 nitrogen and oxygen atoms in total. The summed E-state index contributed by atoms with van der Waals surface area (Å²) in [6.07, 6.45) is 0.711. The fourth-order valence-corrected chi connectivity index (χ4v) is 5.58. The number of aryl methyl sites for hydroxylation is 2. The Morgan fingerprint density at radius 2 is 1.83 bits per heavy atom. The lowest BCUT2D eigenvalue weighted by Crippen LogP contribution is -2.37. The number of amides is 1. The molecule has 3 rings (SSSR count). The number of nitrogens with one attached hydrogen (secondary N) is 1. The van der Waals surface area contributed by atoms with Crippen molar-refractivity contribution in [1.82, 2.24) is 18.7 Å². The van der Waals surface area contributed by atoms with E-state index in [0.717, 1.165) is 27.7 Å². The number of rotatable bonds is 9. The Kier molecular flexibility index (Phi) is 8.00. The van der Waals surface area contributed by atoms with Gasteiger partial charge in [0.25, 0.3) is 5.56 Å². The van der Waals surface area contributed by atoms with Gasteiger partial charge < -0.3 is 14.6 Å². The minimum Gasteiger partial charge on any atom is -0.462 e. The van der Waals surface area contributed by atoms with E-state index < -0.39 is 23.1 Å². The number of esters is 1. The van der Waals surface area contributed by atoms with Crippen molar-refractivity contribution in [2.24, 2.45) is 14.1 Å². The van der Waals surface area contributed by atoms with Gasteiger partial charge in [-0.25, -0.2) is 14.6 Å². The average Bonchev–Trinajstić information content (AvgIpc) is 3.33. The van der Waals surface area contributed by atoms with Gasteiger partial charge in [0.05, 0.1) is 22.8 Å². The van der Waals surface area contributed by atoms with Crippen LogP contribution in [0.4, 0.5) is 5.00 Å². The van der Waals surface area contributed by atoms with Crippen LogP contribution in [-0.4, -0.2) is 48.7 Å². The maximum Gasteiger partial charge on any atom is 0.341 e. The molecule has 1 amide bonds. The normalized spacial score (nSPS) is 11.1. The van der Waals surface area contributed by atoms with Crippen molar-refractivity contribution >= 4 is 56.9 Å². The molecule has 0 radical (unpaired) electrons. The van der Waals surface area contributed by atoms with E-state index in [0.29, 0.717) is 34.1 Å². The monoisotopic (exact) mass is 521 g/mol. The van der Waals surface area contributed by atoms with Crippen molar-refractivity contribution in [2.75, 3.05) is 17.7 Å². The van der Waals surface area contributed by atoms with Gasteiger partial charge in [0, 0.05) is 20.6 Å². The number of nitrogens with zero attached hydrogens (tertiary/aromatic N) is 4. The van der Waals surface area contributed by atoms with Crippen LogP contribution in [0.1, 0.15) is 52.8 Å². The van der Waals surface area contributed by atoms with Crippen LogP contribution >= 0.6 is 23.1 Å². The van der Waals surface area contributed by atoms with Crippen molar-refractivity contribution in [2.45, 2.75) is 45.8 Å². The maximum atomic E-state index is 12.8. The Labute approximate surface area is 209 Å². The summed E-state index contributed by atoms with van der Waals surface area (Å²) < 4.78 is 9.14. The number of carbonyl (C=O) groups excluding carboxylic acids is 3. The minimum absolute atomic E-state index is 0.0735. The number of Topliss-reactive ketones (excluding diaryl/α,β-unsaturated/α-hetero) is 1. The molecule has 3 aromatic rings. The highest BCUT2D eigenvalue weighted by molar-refractivity contribution is 7.99. The lowest BCUT2D eigenvalue weighted by Gasteiger charge is -2.09. The van der Waals surface area contributed by atoms with Crippen molar-refractivity contribution < 1.29 is 19.1 Å². The molecule has 0 atom stereocenters. The van der Waals surface area contributed by atoms with Gasteiger partial charge >= 0.3 is 11.7 Å². The Bertz CT molecular complexity index is 1450. The molecule has 0 saturated carbocycles. The van der Waals surface area contributed by atoms with Crippen LogP contribution in [0.5, 0.6) is 0 Å². The van der Waals surface area contributed by atoms with Crippen molar-refractivity contribution in [3.63, 3.8) is 0 Å². The first-order valence-electron chi connectivity index (χ1n) is 10.9. The predicted molar refractivity (Wildman–Crippen MR) is 135 cm³/mol. The van der Waals surface area contributed by atoms with Gasteiger partial charge in [-0.1, -0.05) is 18.7 Å². The Hall–Kier alpha value is -3.19. The van der Waals surface area contributed by atoms with Crippen LogP contribution < -0.4 is 16.6 Å². The van der Waals surface area contributed by atoms with Crippen LogP contribution in [0.15, 0.2) is 14.7 Å². The lowest BCUT2D eigenvalue weighted by molar-refractivity contribution is -0.113. The quantitative estimate of drug-likeness (QED) is 0.258. The summed E-state index contributed by atoms with van der Waals surface area (Å²) in [6.45, 7) is 7.29. The van der Waals surface area contributed by atoms with Gasteiger partial charge in [-0.15, -0.1) is 11.3 Å². The number of aromatic nitrogens is 4. The molecule has 0 aliphatic carbocycles. The summed E-state index contributed by atoms with van der Waals surface area (Å²) in [5.74, 6) is -1.32. The molecule has 0 aliphatic heterocycles.